The Morgan fingerprint density at radius 3 is 3.04 bits per heavy atom. The third-order valence-corrected chi connectivity index (χ3v) is 4.54. The first-order valence-corrected chi connectivity index (χ1v) is 8.79. The van der Waals surface area contributed by atoms with Crippen molar-refractivity contribution in [3.63, 3.8) is 0 Å². The van der Waals surface area contributed by atoms with Gasteiger partial charge in [-0.05, 0) is 49.2 Å². The number of rotatable bonds is 4. The fourth-order valence-electron chi connectivity index (χ4n) is 3.17. The molecule has 3 heterocycles. The molecule has 1 aromatic carbocycles. The van der Waals surface area contributed by atoms with Gasteiger partial charge in [0.1, 0.15) is 11.6 Å². The maximum Gasteiger partial charge on any atom is 0.258 e. The van der Waals surface area contributed by atoms with Gasteiger partial charge in [0.25, 0.3) is 5.89 Å². The van der Waals surface area contributed by atoms with Crippen molar-refractivity contribution in [2.24, 2.45) is 0 Å². The van der Waals surface area contributed by atoms with Gasteiger partial charge in [-0.3, -0.25) is 4.79 Å². The summed E-state index contributed by atoms with van der Waals surface area (Å²) in [5.74, 6) is 1.02. The molecule has 0 radical (unpaired) electrons. The maximum absolute atomic E-state index is 13.4. The molecule has 1 aliphatic rings. The van der Waals surface area contributed by atoms with E-state index in [2.05, 4.69) is 10.1 Å². The number of hydrogen-bond acceptors (Lipinski definition) is 5. The smallest absolute Gasteiger partial charge is 0.258 e. The largest absolute Gasteiger partial charge is 0.465 e. The molecule has 0 aliphatic carbocycles. The molecule has 1 atom stereocenters. The van der Waals surface area contributed by atoms with E-state index in [9.17, 15) is 9.18 Å². The first-order valence-electron chi connectivity index (χ1n) is 8.79. The van der Waals surface area contributed by atoms with Crippen molar-refractivity contribution in [2.75, 3.05) is 13.1 Å². The van der Waals surface area contributed by atoms with Crippen molar-refractivity contribution in [3.05, 3.63) is 66.1 Å². The summed E-state index contributed by atoms with van der Waals surface area (Å²) in [5.41, 5.74) is 0.541. The second-order valence-electron chi connectivity index (χ2n) is 6.44. The van der Waals surface area contributed by atoms with Crippen molar-refractivity contribution >= 4 is 12.0 Å². The second kappa shape index (κ2) is 7.57. The van der Waals surface area contributed by atoms with Crippen molar-refractivity contribution in [1.82, 2.24) is 15.0 Å². The van der Waals surface area contributed by atoms with Crippen molar-refractivity contribution in [1.29, 1.82) is 0 Å². The summed E-state index contributed by atoms with van der Waals surface area (Å²) >= 11 is 0. The van der Waals surface area contributed by atoms with Crippen LogP contribution < -0.4 is 0 Å². The number of benzene rings is 1. The highest BCUT2D eigenvalue weighted by Crippen LogP contribution is 2.27. The Hall–Kier alpha value is -3.22. The number of hydrogen-bond donors (Lipinski definition) is 0. The zero-order chi connectivity index (χ0) is 18.6. The van der Waals surface area contributed by atoms with Gasteiger partial charge in [-0.15, -0.1) is 0 Å². The zero-order valence-corrected chi connectivity index (χ0v) is 14.5. The van der Waals surface area contributed by atoms with Crippen LogP contribution in [-0.4, -0.2) is 34.0 Å². The van der Waals surface area contributed by atoms with Crippen molar-refractivity contribution in [2.45, 2.75) is 18.8 Å². The lowest BCUT2D eigenvalue weighted by atomic mass is 9.97. The molecule has 1 fully saturated rings. The van der Waals surface area contributed by atoms with Crippen LogP contribution in [0.5, 0.6) is 0 Å². The van der Waals surface area contributed by atoms with E-state index >= 15 is 0 Å². The van der Waals surface area contributed by atoms with Gasteiger partial charge in [-0.1, -0.05) is 11.2 Å². The average molecular weight is 367 g/mol. The van der Waals surface area contributed by atoms with Gasteiger partial charge in [-0.2, -0.15) is 4.98 Å². The summed E-state index contributed by atoms with van der Waals surface area (Å²) in [5, 5.41) is 4.05. The molecule has 138 valence electrons. The zero-order valence-electron chi connectivity index (χ0n) is 14.5. The average Bonchev–Trinajstić information content (AvgIpc) is 3.38. The summed E-state index contributed by atoms with van der Waals surface area (Å²) < 4.78 is 23.9. The molecule has 3 aromatic rings. The van der Waals surface area contributed by atoms with Gasteiger partial charge in [0, 0.05) is 30.6 Å². The van der Waals surface area contributed by atoms with E-state index in [-0.39, 0.29) is 23.5 Å². The maximum atomic E-state index is 13.4. The Morgan fingerprint density at radius 1 is 1.30 bits per heavy atom. The first kappa shape index (κ1) is 17.2. The number of piperidine rings is 1. The highest BCUT2D eigenvalue weighted by molar-refractivity contribution is 5.91. The van der Waals surface area contributed by atoms with Crippen LogP contribution in [0.3, 0.4) is 0 Å². The number of carbonyl (C=O) groups excluding carboxylic acids is 1. The van der Waals surface area contributed by atoms with E-state index in [1.54, 1.807) is 41.5 Å². The predicted molar refractivity (Wildman–Crippen MR) is 96.0 cm³/mol. The minimum atomic E-state index is -0.356. The van der Waals surface area contributed by atoms with E-state index in [4.69, 9.17) is 8.94 Å². The summed E-state index contributed by atoms with van der Waals surface area (Å²) in [6, 6.07) is 9.59. The van der Waals surface area contributed by atoms with E-state index < -0.39 is 0 Å². The van der Waals surface area contributed by atoms with E-state index in [1.165, 1.54) is 18.2 Å². The van der Waals surface area contributed by atoms with Crippen LogP contribution in [-0.2, 0) is 4.79 Å². The lowest BCUT2D eigenvalue weighted by molar-refractivity contribution is -0.127. The fourth-order valence-corrected chi connectivity index (χ4v) is 3.17. The Bertz CT molecular complexity index is 949. The molecule has 6 nitrogen and oxygen atoms in total. The van der Waals surface area contributed by atoms with Crippen molar-refractivity contribution in [3.8, 4) is 11.5 Å². The number of amides is 1. The van der Waals surface area contributed by atoms with Gasteiger partial charge in [0.15, 0.2) is 5.82 Å². The SMILES string of the molecule is O=C(/C=C/c1ccco1)N1CCC[C@H](c2noc(-c3cccc(F)c3)n2)C1. The molecule has 7 heteroatoms. The Labute approximate surface area is 155 Å². The van der Waals surface area contributed by atoms with Crippen LogP contribution in [0, 0.1) is 5.82 Å². The topological polar surface area (TPSA) is 72.4 Å². The van der Waals surface area contributed by atoms with Crippen LogP contribution in [0.1, 0.15) is 30.3 Å². The van der Waals surface area contributed by atoms with Gasteiger partial charge >= 0.3 is 0 Å². The van der Waals surface area contributed by atoms with Crippen LogP contribution in [0.2, 0.25) is 0 Å². The second-order valence-corrected chi connectivity index (χ2v) is 6.44. The van der Waals surface area contributed by atoms with Crippen molar-refractivity contribution < 1.29 is 18.1 Å². The molecule has 1 saturated heterocycles. The van der Waals surface area contributed by atoms with E-state index in [1.807, 2.05) is 0 Å². The summed E-state index contributed by atoms with van der Waals surface area (Å²) in [7, 11) is 0. The molecule has 4 rings (SSSR count). The third kappa shape index (κ3) is 3.97. The molecule has 1 amide bonds. The fraction of sp³-hybridized carbons (Fsp3) is 0.250. The molecule has 0 bridgehead atoms. The monoisotopic (exact) mass is 367 g/mol. The minimum absolute atomic E-state index is 0.00854. The summed E-state index contributed by atoms with van der Waals surface area (Å²) in [6.07, 6.45) is 6.45. The van der Waals surface area contributed by atoms with Gasteiger partial charge in [-0.25, -0.2) is 4.39 Å². The number of nitrogens with zero attached hydrogens (tertiary/aromatic N) is 3. The third-order valence-electron chi connectivity index (χ3n) is 4.54. The lowest BCUT2D eigenvalue weighted by Crippen LogP contribution is -2.38. The number of carbonyl (C=O) groups is 1. The molecule has 0 saturated carbocycles. The molecule has 27 heavy (non-hydrogen) atoms. The van der Waals surface area contributed by atoms with E-state index in [0.29, 0.717) is 30.2 Å². The molecule has 0 spiro atoms. The molecule has 0 unspecified atom stereocenters. The number of aromatic nitrogens is 2. The van der Waals surface area contributed by atoms with Gasteiger partial charge in [0.2, 0.25) is 5.91 Å². The normalized spacial score (nSPS) is 17.5. The highest BCUT2D eigenvalue weighted by atomic mass is 19.1. The van der Waals surface area contributed by atoms with Crippen LogP contribution in [0.25, 0.3) is 17.5 Å². The molecule has 2 aromatic heterocycles. The Balaban J connectivity index is 1.45. The van der Waals surface area contributed by atoms with Crippen LogP contribution >= 0.6 is 0 Å². The molecular formula is C20H18FN3O3. The summed E-state index contributed by atoms with van der Waals surface area (Å²) in [6.45, 7) is 1.20. The van der Waals surface area contributed by atoms with E-state index in [0.717, 1.165) is 12.8 Å². The number of furan rings is 1. The Kier molecular flexibility index (Phi) is 4.82. The number of halogens is 1. The van der Waals surface area contributed by atoms with Crippen LogP contribution in [0.15, 0.2) is 57.7 Å². The minimum Gasteiger partial charge on any atom is -0.465 e. The molecular weight excluding hydrogens is 349 g/mol. The summed E-state index contributed by atoms with van der Waals surface area (Å²) in [4.78, 5) is 18.6. The van der Waals surface area contributed by atoms with Gasteiger partial charge < -0.3 is 13.8 Å². The Morgan fingerprint density at radius 2 is 2.22 bits per heavy atom. The lowest BCUT2D eigenvalue weighted by Gasteiger charge is -2.30. The van der Waals surface area contributed by atoms with Gasteiger partial charge in [0.05, 0.1) is 6.26 Å². The predicted octanol–water partition coefficient (Wildman–Crippen LogP) is 3.89. The number of likely N-dealkylation sites (tertiary alicyclic amines) is 1. The standard InChI is InChI=1S/C20H18FN3O3/c21-16-6-1-4-14(12-16)20-22-19(23-27-20)15-5-2-10-24(13-15)18(25)9-8-17-7-3-11-26-17/h1,3-4,6-9,11-12,15H,2,5,10,13H2/b9-8+/t15-/m0/s1. The van der Waals surface area contributed by atoms with Crippen LogP contribution in [0.4, 0.5) is 4.39 Å². The molecule has 0 N–H and O–H groups in total. The first-order chi connectivity index (χ1) is 13.2. The molecule has 1 aliphatic heterocycles. The highest BCUT2D eigenvalue weighted by Gasteiger charge is 2.27. The quantitative estimate of drug-likeness (QED) is 0.654.